The average molecular weight is 243 g/mol. The maximum absolute atomic E-state index is 11.4. The summed E-state index contributed by atoms with van der Waals surface area (Å²) >= 11 is 0. The van der Waals surface area contributed by atoms with Gasteiger partial charge in [0.2, 0.25) is 5.91 Å². The van der Waals surface area contributed by atoms with Crippen molar-refractivity contribution in [2.45, 2.75) is 65.4 Å². The normalized spacial score (nSPS) is 11.1. The van der Waals surface area contributed by atoms with E-state index in [1.165, 1.54) is 0 Å². The number of hydrogen-bond donors (Lipinski definition) is 1. The standard InChI is InChI=1S/C13H25NO3/c1-5-6-7-10-14-11(15)8-9-12(16)17-13(2,3)4/h5-10H2,1-4H3,(H,14,15). The number of nitrogens with one attached hydrogen (secondary N) is 1. The van der Waals surface area contributed by atoms with Gasteiger partial charge in [-0.2, -0.15) is 0 Å². The molecule has 0 rings (SSSR count). The van der Waals surface area contributed by atoms with Crippen molar-refractivity contribution in [2.24, 2.45) is 0 Å². The molecule has 0 aromatic rings. The van der Waals surface area contributed by atoms with Gasteiger partial charge in [-0.1, -0.05) is 19.8 Å². The quantitative estimate of drug-likeness (QED) is 0.552. The van der Waals surface area contributed by atoms with Crippen LogP contribution in [0, 0.1) is 0 Å². The summed E-state index contributed by atoms with van der Waals surface area (Å²) in [4.78, 5) is 22.7. The lowest BCUT2D eigenvalue weighted by Gasteiger charge is -2.19. The summed E-state index contributed by atoms with van der Waals surface area (Å²) in [6.45, 7) is 8.26. The molecule has 100 valence electrons. The zero-order chi connectivity index (χ0) is 13.3. The summed E-state index contributed by atoms with van der Waals surface area (Å²) in [5.41, 5.74) is -0.477. The number of rotatable bonds is 7. The van der Waals surface area contributed by atoms with Gasteiger partial charge in [0.05, 0.1) is 6.42 Å². The first-order chi connectivity index (χ1) is 7.85. The van der Waals surface area contributed by atoms with E-state index in [-0.39, 0.29) is 24.7 Å². The second-order valence-corrected chi connectivity index (χ2v) is 5.14. The second kappa shape index (κ2) is 8.09. The van der Waals surface area contributed by atoms with Crippen LogP contribution in [-0.4, -0.2) is 24.0 Å². The second-order valence-electron chi connectivity index (χ2n) is 5.14. The van der Waals surface area contributed by atoms with Crippen molar-refractivity contribution in [3.05, 3.63) is 0 Å². The summed E-state index contributed by atoms with van der Waals surface area (Å²) < 4.78 is 5.11. The van der Waals surface area contributed by atoms with Gasteiger partial charge in [-0.3, -0.25) is 9.59 Å². The third kappa shape index (κ3) is 11.2. The zero-order valence-electron chi connectivity index (χ0n) is 11.5. The number of hydrogen-bond acceptors (Lipinski definition) is 3. The maximum Gasteiger partial charge on any atom is 0.306 e. The third-order valence-electron chi connectivity index (χ3n) is 2.08. The van der Waals surface area contributed by atoms with Crippen LogP contribution in [0.25, 0.3) is 0 Å². The Morgan fingerprint density at radius 2 is 1.76 bits per heavy atom. The van der Waals surface area contributed by atoms with Crippen LogP contribution in [-0.2, 0) is 14.3 Å². The molecular formula is C13H25NO3. The molecule has 0 bridgehead atoms. The maximum atomic E-state index is 11.4. The van der Waals surface area contributed by atoms with E-state index in [0.29, 0.717) is 6.54 Å². The van der Waals surface area contributed by atoms with E-state index in [0.717, 1.165) is 19.3 Å². The Labute approximate surface area is 104 Å². The van der Waals surface area contributed by atoms with Gasteiger partial charge in [-0.15, -0.1) is 0 Å². The molecule has 0 radical (unpaired) electrons. The van der Waals surface area contributed by atoms with E-state index >= 15 is 0 Å². The van der Waals surface area contributed by atoms with E-state index in [1.807, 2.05) is 20.8 Å². The SMILES string of the molecule is CCCCCNC(=O)CCC(=O)OC(C)(C)C. The number of amides is 1. The predicted octanol–water partition coefficient (Wildman–Crippen LogP) is 2.41. The summed E-state index contributed by atoms with van der Waals surface area (Å²) in [5.74, 6) is -0.395. The Hall–Kier alpha value is -1.06. The van der Waals surface area contributed by atoms with E-state index in [4.69, 9.17) is 4.74 Å². The van der Waals surface area contributed by atoms with Gasteiger partial charge in [-0.25, -0.2) is 0 Å². The highest BCUT2D eigenvalue weighted by Crippen LogP contribution is 2.08. The fraction of sp³-hybridized carbons (Fsp3) is 0.846. The van der Waals surface area contributed by atoms with E-state index in [1.54, 1.807) is 0 Å². The first kappa shape index (κ1) is 15.9. The minimum Gasteiger partial charge on any atom is -0.460 e. The molecule has 4 nitrogen and oxygen atoms in total. The molecule has 0 aliphatic carbocycles. The van der Waals surface area contributed by atoms with E-state index in [2.05, 4.69) is 12.2 Å². The lowest BCUT2D eigenvalue weighted by Crippen LogP contribution is -2.27. The Balaban J connectivity index is 3.59. The minimum absolute atomic E-state index is 0.0769. The molecular weight excluding hydrogens is 218 g/mol. The van der Waals surface area contributed by atoms with Crippen molar-refractivity contribution in [2.75, 3.05) is 6.54 Å². The predicted molar refractivity (Wildman–Crippen MR) is 67.6 cm³/mol. The molecule has 0 aromatic carbocycles. The zero-order valence-corrected chi connectivity index (χ0v) is 11.5. The third-order valence-corrected chi connectivity index (χ3v) is 2.08. The van der Waals surface area contributed by atoms with Gasteiger partial charge in [0, 0.05) is 13.0 Å². The van der Waals surface area contributed by atoms with Gasteiger partial charge < -0.3 is 10.1 Å². The summed E-state index contributed by atoms with van der Waals surface area (Å²) in [5, 5.41) is 2.79. The highest BCUT2D eigenvalue weighted by molar-refractivity contribution is 5.81. The Morgan fingerprint density at radius 1 is 1.12 bits per heavy atom. The van der Waals surface area contributed by atoms with Crippen LogP contribution in [0.15, 0.2) is 0 Å². The molecule has 0 heterocycles. The lowest BCUT2D eigenvalue weighted by molar-refractivity contribution is -0.155. The number of carbonyl (C=O) groups excluding carboxylic acids is 2. The summed E-state index contributed by atoms with van der Waals surface area (Å²) in [6, 6.07) is 0. The van der Waals surface area contributed by atoms with Crippen LogP contribution < -0.4 is 5.32 Å². The topological polar surface area (TPSA) is 55.4 Å². The van der Waals surface area contributed by atoms with Crippen LogP contribution in [0.1, 0.15) is 59.8 Å². The van der Waals surface area contributed by atoms with Crippen molar-refractivity contribution < 1.29 is 14.3 Å². The number of ether oxygens (including phenoxy) is 1. The largest absolute Gasteiger partial charge is 0.460 e. The van der Waals surface area contributed by atoms with Crippen molar-refractivity contribution >= 4 is 11.9 Å². The van der Waals surface area contributed by atoms with Gasteiger partial charge in [0.1, 0.15) is 5.60 Å². The Bertz CT molecular complexity index is 244. The molecule has 0 saturated carbocycles. The molecule has 0 aliphatic heterocycles. The molecule has 1 N–H and O–H groups in total. The molecule has 0 aliphatic rings. The smallest absolute Gasteiger partial charge is 0.306 e. The summed E-state index contributed by atoms with van der Waals surface area (Å²) in [7, 11) is 0. The van der Waals surface area contributed by atoms with Gasteiger partial charge in [-0.05, 0) is 27.2 Å². The monoisotopic (exact) mass is 243 g/mol. The van der Waals surface area contributed by atoms with Crippen LogP contribution in [0.4, 0.5) is 0 Å². The lowest BCUT2D eigenvalue weighted by atomic mass is 10.2. The molecule has 0 spiro atoms. The van der Waals surface area contributed by atoms with Crippen molar-refractivity contribution in [3.8, 4) is 0 Å². The van der Waals surface area contributed by atoms with Crippen molar-refractivity contribution in [1.29, 1.82) is 0 Å². The molecule has 0 unspecified atom stereocenters. The van der Waals surface area contributed by atoms with Crippen LogP contribution >= 0.6 is 0 Å². The Kier molecular flexibility index (Phi) is 7.59. The summed E-state index contributed by atoms with van der Waals surface area (Å²) in [6.07, 6.45) is 3.60. The molecule has 0 saturated heterocycles. The molecule has 4 heteroatoms. The molecule has 17 heavy (non-hydrogen) atoms. The highest BCUT2D eigenvalue weighted by Gasteiger charge is 2.16. The van der Waals surface area contributed by atoms with Gasteiger partial charge in [0.15, 0.2) is 0 Å². The fourth-order valence-electron chi connectivity index (χ4n) is 1.30. The van der Waals surface area contributed by atoms with E-state index < -0.39 is 5.60 Å². The number of unbranched alkanes of at least 4 members (excludes halogenated alkanes) is 2. The average Bonchev–Trinajstić information content (AvgIpc) is 2.19. The molecule has 0 aromatic heterocycles. The minimum atomic E-state index is -0.477. The molecule has 0 fully saturated rings. The van der Waals surface area contributed by atoms with Crippen molar-refractivity contribution in [3.63, 3.8) is 0 Å². The number of esters is 1. The van der Waals surface area contributed by atoms with E-state index in [9.17, 15) is 9.59 Å². The van der Waals surface area contributed by atoms with Crippen LogP contribution in [0.5, 0.6) is 0 Å². The van der Waals surface area contributed by atoms with Gasteiger partial charge >= 0.3 is 5.97 Å². The van der Waals surface area contributed by atoms with Crippen molar-refractivity contribution in [1.82, 2.24) is 5.32 Å². The van der Waals surface area contributed by atoms with Gasteiger partial charge in [0.25, 0.3) is 0 Å². The molecule has 1 amide bonds. The fourth-order valence-corrected chi connectivity index (χ4v) is 1.30. The first-order valence-electron chi connectivity index (χ1n) is 6.33. The molecule has 0 atom stereocenters. The van der Waals surface area contributed by atoms with Crippen LogP contribution in [0.2, 0.25) is 0 Å². The van der Waals surface area contributed by atoms with Crippen LogP contribution in [0.3, 0.4) is 0 Å². The Morgan fingerprint density at radius 3 is 2.29 bits per heavy atom. The number of carbonyl (C=O) groups is 2. The highest BCUT2D eigenvalue weighted by atomic mass is 16.6. The first-order valence-corrected chi connectivity index (χ1v) is 6.33.